The summed E-state index contributed by atoms with van der Waals surface area (Å²) in [4.78, 5) is 23.1. The lowest BCUT2D eigenvalue weighted by molar-refractivity contribution is -0.385. The summed E-state index contributed by atoms with van der Waals surface area (Å²) in [5.74, 6) is -0.233. The van der Waals surface area contributed by atoms with Crippen LogP contribution in [-0.2, 0) is 11.4 Å². The molecule has 4 aromatic rings. The van der Waals surface area contributed by atoms with Gasteiger partial charge in [0.1, 0.15) is 29.7 Å². The topological polar surface area (TPSA) is 156 Å². The smallest absolute Gasteiger partial charge is 0.349 e. The van der Waals surface area contributed by atoms with E-state index in [1.165, 1.54) is 37.4 Å². The Labute approximate surface area is 256 Å². The zero-order valence-corrected chi connectivity index (χ0v) is 23.9. The Kier molecular flexibility index (Phi) is 8.83. The number of benzene rings is 4. The van der Waals surface area contributed by atoms with Gasteiger partial charge in [0.2, 0.25) is 5.88 Å². The quantitative estimate of drug-likeness (QED) is 0.0968. The van der Waals surface area contributed by atoms with Gasteiger partial charge in [-0.2, -0.15) is 5.26 Å². The lowest BCUT2D eigenvalue weighted by Gasteiger charge is -2.27. The number of nitrogens with zero attached hydrogens (tertiary/aromatic N) is 2. The van der Waals surface area contributed by atoms with E-state index in [9.17, 15) is 20.2 Å². The summed E-state index contributed by atoms with van der Waals surface area (Å²) in [6.07, 6.45) is 0. The normalized spacial score (nSPS) is 13.6. The number of fused-ring (bicyclic) bond motifs is 1. The van der Waals surface area contributed by atoms with E-state index in [0.29, 0.717) is 27.6 Å². The van der Waals surface area contributed by atoms with E-state index in [1.807, 2.05) is 12.1 Å². The van der Waals surface area contributed by atoms with E-state index in [-0.39, 0.29) is 41.0 Å². The van der Waals surface area contributed by atoms with Crippen molar-refractivity contribution in [3.8, 4) is 34.8 Å². The summed E-state index contributed by atoms with van der Waals surface area (Å²) < 4.78 is 28.0. The van der Waals surface area contributed by atoms with Gasteiger partial charge in [-0.3, -0.25) is 10.1 Å². The number of halogens is 1. The van der Waals surface area contributed by atoms with Gasteiger partial charge in [-0.25, -0.2) is 4.79 Å². The van der Waals surface area contributed by atoms with Gasteiger partial charge < -0.3 is 29.4 Å². The highest BCUT2D eigenvalue weighted by Crippen LogP contribution is 2.45. The fraction of sp³-hybridized carbons (Fsp3) is 0.125. The lowest BCUT2D eigenvalue weighted by Crippen LogP contribution is -2.22. The summed E-state index contributed by atoms with van der Waals surface area (Å²) in [5.41, 5.74) is 8.27. The van der Waals surface area contributed by atoms with Crippen molar-refractivity contribution < 1.29 is 33.4 Å². The predicted molar refractivity (Wildman–Crippen MR) is 159 cm³/mol. The molecule has 222 valence electrons. The molecular weight excluding hydrogens is 590 g/mol. The lowest BCUT2D eigenvalue weighted by atomic mass is 9.83. The van der Waals surface area contributed by atoms with E-state index in [0.717, 1.165) is 5.56 Å². The number of carbonyl (C=O) groups excluding carboxylic acids is 1. The first-order valence-corrected chi connectivity index (χ1v) is 13.5. The minimum absolute atomic E-state index is 0.0650. The first-order valence-electron chi connectivity index (χ1n) is 13.1. The van der Waals surface area contributed by atoms with Crippen LogP contribution >= 0.6 is 11.6 Å². The van der Waals surface area contributed by atoms with Gasteiger partial charge in [0, 0.05) is 22.7 Å². The maximum Gasteiger partial charge on any atom is 0.349 e. The Morgan fingerprint density at radius 3 is 2.52 bits per heavy atom. The summed E-state index contributed by atoms with van der Waals surface area (Å²) >= 11 is 5.96. The fourth-order valence-electron chi connectivity index (χ4n) is 4.59. The van der Waals surface area contributed by atoms with E-state index in [2.05, 4.69) is 6.07 Å². The third-order valence-corrected chi connectivity index (χ3v) is 6.91. The molecule has 4 aromatic carbocycles. The SMILES string of the molecule is COc1cc(C2C(C#N)=C(N)Oc3cc(OC(=O)COc4ccccc4[N+](=O)[O-])ccc32)ccc1OCc1ccc(Cl)cc1. The summed E-state index contributed by atoms with van der Waals surface area (Å²) in [6, 6.07) is 25.1. The summed E-state index contributed by atoms with van der Waals surface area (Å²) in [6.45, 7) is -0.281. The van der Waals surface area contributed by atoms with Crippen molar-refractivity contribution in [1.82, 2.24) is 0 Å². The molecule has 44 heavy (non-hydrogen) atoms. The molecule has 0 saturated carbocycles. The highest BCUT2D eigenvalue weighted by molar-refractivity contribution is 6.30. The maximum absolute atomic E-state index is 12.5. The molecule has 2 N–H and O–H groups in total. The van der Waals surface area contributed by atoms with E-state index in [4.69, 9.17) is 41.0 Å². The number of esters is 1. The van der Waals surface area contributed by atoms with Gasteiger partial charge in [0.25, 0.3) is 0 Å². The van der Waals surface area contributed by atoms with E-state index < -0.39 is 23.4 Å². The van der Waals surface area contributed by atoms with Gasteiger partial charge in [-0.05, 0) is 47.5 Å². The van der Waals surface area contributed by atoms with Crippen molar-refractivity contribution in [1.29, 1.82) is 5.26 Å². The molecule has 0 spiro atoms. The number of nitriles is 1. The minimum Gasteiger partial charge on any atom is -0.493 e. The molecule has 1 aliphatic heterocycles. The van der Waals surface area contributed by atoms with Crippen molar-refractivity contribution >= 4 is 23.3 Å². The number of hydrogen-bond acceptors (Lipinski definition) is 10. The molecule has 1 atom stereocenters. The van der Waals surface area contributed by atoms with Crippen LogP contribution in [0, 0.1) is 21.4 Å². The Morgan fingerprint density at radius 1 is 1.02 bits per heavy atom. The molecule has 0 bridgehead atoms. The molecule has 5 rings (SSSR count). The molecule has 11 nitrogen and oxygen atoms in total. The number of allylic oxidation sites excluding steroid dienone is 1. The molecule has 12 heteroatoms. The molecule has 0 aliphatic carbocycles. The number of nitrogens with two attached hydrogens (primary N) is 1. The van der Waals surface area contributed by atoms with Gasteiger partial charge >= 0.3 is 11.7 Å². The van der Waals surface area contributed by atoms with Crippen LogP contribution in [-0.4, -0.2) is 24.6 Å². The zero-order valence-electron chi connectivity index (χ0n) is 23.2. The third kappa shape index (κ3) is 6.51. The van der Waals surface area contributed by atoms with Crippen LogP contribution in [0.25, 0.3) is 0 Å². The van der Waals surface area contributed by atoms with Crippen molar-refractivity contribution in [2.45, 2.75) is 12.5 Å². The number of carbonyl (C=O) groups is 1. The Hall–Kier alpha value is -5.73. The van der Waals surface area contributed by atoms with Crippen LogP contribution in [0.3, 0.4) is 0 Å². The van der Waals surface area contributed by atoms with Crippen LogP contribution in [0.2, 0.25) is 5.02 Å². The molecule has 1 unspecified atom stereocenters. The molecule has 0 saturated heterocycles. The second-order valence-corrected chi connectivity index (χ2v) is 9.87. The van der Waals surface area contributed by atoms with Gasteiger partial charge in [0.05, 0.1) is 18.0 Å². The first kappa shape index (κ1) is 29.8. The van der Waals surface area contributed by atoms with Crippen LogP contribution in [0.1, 0.15) is 22.6 Å². The highest BCUT2D eigenvalue weighted by Gasteiger charge is 2.32. The van der Waals surface area contributed by atoms with Crippen molar-refractivity contribution in [2.75, 3.05) is 13.7 Å². The van der Waals surface area contributed by atoms with E-state index >= 15 is 0 Å². The molecule has 0 amide bonds. The average molecular weight is 614 g/mol. The van der Waals surface area contributed by atoms with Crippen molar-refractivity contribution in [3.63, 3.8) is 0 Å². The number of nitro groups is 1. The summed E-state index contributed by atoms with van der Waals surface area (Å²) in [5, 5.41) is 21.8. The highest BCUT2D eigenvalue weighted by atomic mass is 35.5. The molecule has 1 aliphatic rings. The van der Waals surface area contributed by atoms with Crippen LogP contribution in [0.15, 0.2) is 96.4 Å². The first-order chi connectivity index (χ1) is 21.3. The standard InChI is InChI=1S/C32H24ClN3O8/c1-40-29-14-20(8-13-27(29)41-17-19-6-9-21(33)10-7-19)31-23-12-11-22(15-28(23)44-32(35)24(31)16-34)43-30(37)18-42-26-5-3-2-4-25(26)36(38)39/h2-15,31H,17-18,35H2,1H3. The molecule has 0 fully saturated rings. The second kappa shape index (κ2) is 13.1. The van der Waals surface area contributed by atoms with Gasteiger partial charge in [-0.1, -0.05) is 48.0 Å². The van der Waals surface area contributed by atoms with Crippen molar-refractivity contribution in [2.24, 2.45) is 5.73 Å². The van der Waals surface area contributed by atoms with Crippen LogP contribution in [0.5, 0.6) is 28.7 Å². The number of para-hydroxylation sites is 2. The Bertz CT molecular complexity index is 1800. The van der Waals surface area contributed by atoms with Crippen molar-refractivity contribution in [3.05, 3.63) is 128 Å². The van der Waals surface area contributed by atoms with Gasteiger partial charge in [-0.15, -0.1) is 0 Å². The van der Waals surface area contributed by atoms with Crippen LogP contribution < -0.4 is 29.4 Å². The number of methoxy groups -OCH3 is 1. The molecule has 0 radical (unpaired) electrons. The number of hydrogen-bond donors (Lipinski definition) is 1. The second-order valence-electron chi connectivity index (χ2n) is 9.44. The van der Waals surface area contributed by atoms with Gasteiger partial charge in [0.15, 0.2) is 23.9 Å². The fourth-order valence-corrected chi connectivity index (χ4v) is 4.72. The maximum atomic E-state index is 12.5. The third-order valence-electron chi connectivity index (χ3n) is 6.66. The largest absolute Gasteiger partial charge is 0.493 e. The molecule has 1 heterocycles. The monoisotopic (exact) mass is 613 g/mol. The Morgan fingerprint density at radius 2 is 1.80 bits per heavy atom. The Balaban J connectivity index is 1.35. The minimum atomic E-state index is -0.796. The molecule has 0 aromatic heterocycles. The average Bonchev–Trinajstić information content (AvgIpc) is 3.02. The van der Waals surface area contributed by atoms with E-state index in [1.54, 1.807) is 42.5 Å². The summed E-state index contributed by atoms with van der Waals surface area (Å²) in [7, 11) is 1.52. The number of nitro benzene ring substituents is 1. The number of ether oxygens (including phenoxy) is 5. The number of rotatable bonds is 10. The molecular formula is C32H24ClN3O8. The zero-order chi connectivity index (χ0) is 31.2. The predicted octanol–water partition coefficient (Wildman–Crippen LogP) is 6.04. The van der Waals surface area contributed by atoms with Crippen LogP contribution in [0.4, 0.5) is 5.69 Å².